The maximum absolute atomic E-state index is 13.2. The van der Waals surface area contributed by atoms with E-state index in [0.717, 1.165) is 18.9 Å². The smallest absolute Gasteiger partial charge is 0.126 e. The van der Waals surface area contributed by atoms with E-state index in [1.54, 1.807) is 0 Å². The fourth-order valence-electron chi connectivity index (χ4n) is 3.41. The van der Waals surface area contributed by atoms with Crippen LogP contribution in [0.2, 0.25) is 0 Å². The molecule has 2 atom stereocenters. The van der Waals surface area contributed by atoms with E-state index in [1.165, 1.54) is 12.1 Å². The van der Waals surface area contributed by atoms with Gasteiger partial charge in [-0.05, 0) is 43.4 Å². The van der Waals surface area contributed by atoms with E-state index in [4.69, 9.17) is 0 Å². The van der Waals surface area contributed by atoms with E-state index >= 15 is 0 Å². The van der Waals surface area contributed by atoms with Crippen LogP contribution in [0.5, 0.6) is 0 Å². The minimum Gasteiger partial charge on any atom is -0.389 e. The SMILES string of the molecule is O=S1C2CCC1CC(O)(Cc1cc(F)cc(F)c1)C2. The molecule has 2 nitrogen and oxygen atoms in total. The number of halogens is 2. The number of hydrogen-bond acceptors (Lipinski definition) is 2. The standard InChI is InChI=1S/C14H16F2O2S/c15-10-3-9(4-11(16)5-10)6-14(17)7-12-1-2-13(8-14)19(12)18/h3-5,12-13,17H,1-2,6-8H2. The van der Waals surface area contributed by atoms with Crippen molar-refractivity contribution in [3.05, 3.63) is 35.4 Å². The van der Waals surface area contributed by atoms with Crippen LogP contribution in [-0.2, 0) is 17.2 Å². The first-order valence-corrected chi connectivity index (χ1v) is 7.80. The van der Waals surface area contributed by atoms with Gasteiger partial charge in [0.1, 0.15) is 11.6 Å². The Bertz CT molecular complexity index is 496. The summed E-state index contributed by atoms with van der Waals surface area (Å²) in [4.78, 5) is 0. The molecular formula is C14H16F2O2S. The van der Waals surface area contributed by atoms with Gasteiger partial charge in [0.15, 0.2) is 0 Å². The summed E-state index contributed by atoms with van der Waals surface area (Å²) < 4.78 is 38.2. The van der Waals surface area contributed by atoms with Crippen molar-refractivity contribution in [2.45, 2.75) is 48.2 Å². The maximum Gasteiger partial charge on any atom is 0.126 e. The van der Waals surface area contributed by atoms with Gasteiger partial charge in [-0.25, -0.2) is 8.78 Å². The van der Waals surface area contributed by atoms with Crippen LogP contribution in [0.4, 0.5) is 8.78 Å². The summed E-state index contributed by atoms with van der Waals surface area (Å²) >= 11 is 0. The summed E-state index contributed by atoms with van der Waals surface area (Å²) in [6, 6.07) is 3.34. The molecule has 19 heavy (non-hydrogen) atoms. The van der Waals surface area contributed by atoms with Gasteiger partial charge in [0.2, 0.25) is 0 Å². The molecule has 0 aromatic heterocycles. The molecule has 2 aliphatic rings. The molecule has 0 amide bonds. The molecule has 0 radical (unpaired) electrons. The van der Waals surface area contributed by atoms with Crippen molar-refractivity contribution in [2.75, 3.05) is 0 Å². The highest BCUT2D eigenvalue weighted by Crippen LogP contribution is 2.42. The van der Waals surface area contributed by atoms with Crippen LogP contribution in [-0.4, -0.2) is 25.4 Å². The predicted molar refractivity (Wildman–Crippen MR) is 69.2 cm³/mol. The van der Waals surface area contributed by atoms with E-state index in [2.05, 4.69) is 0 Å². The van der Waals surface area contributed by atoms with Crippen LogP contribution in [0, 0.1) is 11.6 Å². The molecule has 2 aliphatic heterocycles. The topological polar surface area (TPSA) is 37.3 Å². The van der Waals surface area contributed by atoms with Crippen molar-refractivity contribution >= 4 is 10.8 Å². The Kier molecular flexibility index (Phi) is 3.21. The summed E-state index contributed by atoms with van der Waals surface area (Å²) in [5.41, 5.74) is -0.507. The van der Waals surface area contributed by atoms with Crippen LogP contribution in [0.25, 0.3) is 0 Å². The zero-order valence-corrected chi connectivity index (χ0v) is 11.3. The molecule has 1 aromatic rings. The molecule has 1 aromatic carbocycles. The normalized spacial score (nSPS) is 37.5. The summed E-state index contributed by atoms with van der Waals surface area (Å²) in [7, 11) is -0.840. The van der Waals surface area contributed by atoms with Crippen molar-refractivity contribution < 1.29 is 18.1 Å². The molecule has 2 heterocycles. The zero-order valence-electron chi connectivity index (χ0n) is 10.4. The number of hydrogen-bond donors (Lipinski definition) is 1. The van der Waals surface area contributed by atoms with Gasteiger partial charge < -0.3 is 5.11 Å². The summed E-state index contributed by atoms with van der Waals surface area (Å²) in [6.45, 7) is 0. The van der Waals surface area contributed by atoms with Gasteiger partial charge >= 0.3 is 0 Å². The molecule has 0 spiro atoms. The average molecular weight is 286 g/mol. The lowest BCUT2D eigenvalue weighted by Crippen LogP contribution is -2.44. The molecule has 2 fully saturated rings. The highest BCUT2D eigenvalue weighted by molar-refractivity contribution is 7.86. The summed E-state index contributed by atoms with van der Waals surface area (Å²) in [6.07, 6.45) is 2.93. The largest absolute Gasteiger partial charge is 0.389 e. The molecule has 2 unspecified atom stereocenters. The first-order valence-electron chi connectivity index (χ1n) is 6.52. The Hall–Kier alpha value is -0.810. The van der Waals surface area contributed by atoms with Gasteiger partial charge in [-0.3, -0.25) is 4.21 Å². The maximum atomic E-state index is 13.2. The van der Waals surface area contributed by atoms with E-state index in [0.29, 0.717) is 18.4 Å². The molecule has 1 N–H and O–H groups in total. The Labute approximate surface area is 113 Å². The van der Waals surface area contributed by atoms with E-state index < -0.39 is 28.0 Å². The third-order valence-electron chi connectivity index (χ3n) is 4.14. The second-order valence-electron chi connectivity index (χ2n) is 5.74. The van der Waals surface area contributed by atoms with Gasteiger partial charge in [-0.1, -0.05) is 0 Å². The Balaban J connectivity index is 1.81. The average Bonchev–Trinajstić information content (AvgIpc) is 2.53. The predicted octanol–water partition coefficient (Wildman–Crippen LogP) is 2.31. The van der Waals surface area contributed by atoms with Gasteiger partial charge in [0.05, 0.1) is 5.60 Å². The lowest BCUT2D eigenvalue weighted by atomic mass is 9.87. The highest BCUT2D eigenvalue weighted by atomic mass is 32.2. The number of rotatable bonds is 2. The summed E-state index contributed by atoms with van der Waals surface area (Å²) in [5, 5.41) is 10.7. The fraction of sp³-hybridized carbons (Fsp3) is 0.571. The Morgan fingerprint density at radius 2 is 1.68 bits per heavy atom. The first-order chi connectivity index (χ1) is 8.95. The van der Waals surface area contributed by atoms with E-state index in [-0.39, 0.29) is 16.9 Å². The highest BCUT2D eigenvalue weighted by Gasteiger charge is 2.47. The van der Waals surface area contributed by atoms with Crippen molar-refractivity contribution in [2.24, 2.45) is 0 Å². The first kappa shape index (κ1) is 13.2. The molecule has 104 valence electrons. The minimum atomic E-state index is -0.972. The second kappa shape index (κ2) is 4.63. The molecular weight excluding hydrogens is 270 g/mol. The quantitative estimate of drug-likeness (QED) is 0.906. The van der Waals surface area contributed by atoms with Crippen molar-refractivity contribution in [3.8, 4) is 0 Å². The van der Waals surface area contributed by atoms with Gasteiger partial charge in [0, 0.05) is 33.8 Å². The van der Waals surface area contributed by atoms with Crippen molar-refractivity contribution in [1.29, 1.82) is 0 Å². The monoisotopic (exact) mass is 286 g/mol. The third kappa shape index (κ3) is 2.58. The second-order valence-corrected chi connectivity index (χ2v) is 7.73. The fourth-order valence-corrected chi connectivity index (χ4v) is 5.64. The number of aliphatic hydroxyl groups is 1. The summed E-state index contributed by atoms with van der Waals surface area (Å²) in [5.74, 6) is -1.25. The molecule has 2 saturated heterocycles. The minimum absolute atomic E-state index is 0.0437. The molecule has 0 saturated carbocycles. The molecule has 2 bridgehead atoms. The van der Waals surface area contributed by atoms with E-state index in [9.17, 15) is 18.1 Å². The molecule has 5 heteroatoms. The van der Waals surface area contributed by atoms with Crippen molar-refractivity contribution in [1.82, 2.24) is 0 Å². The van der Waals surface area contributed by atoms with Crippen LogP contribution >= 0.6 is 0 Å². The van der Waals surface area contributed by atoms with Crippen LogP contribution < -0.4 is 0 Å². The third-order valence-corrected chi connectivity index (χ3v) is 6.26. The van der Waals surface area contributed by atoms with Gasteiger partial charge in [-0.2, -0.15) is 0 Å². The van der Waals surface area contributed by atoms with Gasteiger partial charge in [0.25, 0.3) is 0 Å². The Morgan fingerprint density at radius 3 is 2.21 bits per heavy atom. The zero-order chi connectivity index (χ0) is 13.6. The number of benzene rings is 1. The van der Waals surface area contributed by atoms with Crippen LogP contribution in [0.3, 0.4) is 0 Å². The van der Waals surface area contributed by atoms with Crippen LogP contribution in [0.1, 0.15) is 31.2 Å². The van der Waals surface area contributed by atoms with Gasteiger partial charge in [-0.15, -0.1) is 0 Å². The van der Waals surface area contributed by atoms with Crippen molar-refractivity contribution in [3.63, 3.8) is 0 Å². The van der Waals surface area contributed by atoms with E-state index in [1.807, 2.05) is 0 Å². The lowest BCUT2D eigenvalue weighted by Gasteiger charge is -2.36. The lowest BCUT2D eigenvalue weighted by molar-refractivity contribution is 0.0229. The Morgan fingerprint density at radius 1 is 1.16 bits per heavy atom. The van der Waals surface area contributed by atoms with Crippen LogP contribution in [0.15, 0.2) is 18.2 Å². The number of fused-ring (bicyclic) bond motifs is 2. The molecule has 3 rings (SSSR count). The molecule has 0 aliphatic carbocycles.